The van der Waals surface area contributed by atoms with Gasteiger partial charge in [0.05, 0.1) is 4.88 Å². The second kappa shape index (κ2) is 9.52. The van der Waals surface area contributed by atoms with Gasteiger partial charge in [-0.05, 0) is 6.92 Å². The van der Waals surface area contributed by atoms with Crippen LogP contribution in [0.4, 0.5) is 26.3 Å². The molecule has 0 N–H and O–H groups in total. The Bertz CT molecular complexity index is 771. The number of rotatable bonds is 6. The zero-order valence-electron chi connectivity index (χ0n) is 14.4. The first-order valence-electron chi connectivity index (χ1n) is 7.33. The molecular weight excluding hydrogens is 446 g/mol. The van der Waals surface area contributed by atoms with Gasteiger partial charge >= 0.3 is 11.0 Å². The third-order valence-electron chi connectivity index (χ3n) is 2.98. The number of thiazole rings is 1. The van der Waals surface area contributed by atoms with E-state index in [0.29, 0.717) is 0 Å². The normalized spacial score (nSPS) is 13.2. The van der Waals surface area contributed by atoms with Crippen molar-refractivity contribution in [3.63, 3.8) is 0 Å². The van der Waals surface area contributed by atoms with Crippen molar-refractivity contribution in [3.05, 3.63) is 20.2 Å². The van der Waals surface area contributed by atoms with E-state index in [0.717, 1.165) is 4.13 Å². The summed E-state index contributed by atoms with van der Waals surface area (Å²) in [5.74, 6) is 0. The lowest BCUT2D eigenvalue weighted by Gasteiger charge is -2.22. The summed E-state index contributed by atoms with van der Waals surface area (Å²) in [6.07, 6.45) is 3.75. The lowest BCUT2D eigenvalue weighted by Crippen LogP contribution is -2.35. The fourth-order valence-corrected chi connectivity index (χ4v) is 4.28. The van der Waals surface area contributed by atoms with Gasteiger partial charge in [0.15, 0.2) is 25.7 Å². The minimum Gasteiger partial charge on any atom is -0.421 e. The molecule has 0 spiro atoms. The number of aryl methyl sites for hydroxylation is 2. The third-order valence-corrected chi connectivity index (χ3v) is 6.67. The molecule has 0 bridgehead atoms. The van der Waals surface area contributed by atoms with Crippen LogP contribution in [0.3, 0.4) is 0 Å². The number of nitrogens with zero attached hydrogens (tertiary/aromatic N) is 2. The van der Waals surface area contributed by atoms with Crippen molar-refractivity contribution in [2.24, 2.45) is 0 Å². The van der Waals surface area contributed by atoms with Crippen LogP contribution in [0.25, 0.3) is 4.13 Å². The summed E-state index contributed by atoms with van der Waals surface area (Å²) in [5, 5.41) is 0. The second-order valence-electron chi connectivity index (χ2n) is 5.04. The topological polar surface area (TPSA) is 86.3 Å². The highest BCUT2D eigenvalue weighted by molar-refractivity contribution is 8.13. The van der Waals surface area contributed by atoms with Crippen molar-refractivity contribution in [3.8, 4) is 0 Å². The zero-order valence-corrected chi connectivity index (χ0v) is 16.9. The Morgan fingerprint density at radius 2 is 1.44 bits per heavy atom. The van der Waals surface area contributed by atoms with E-state index >= 15 is 0 Å². The maximum Gasteiger partial charge on any atom is 0.480 e. The van der Waals surface area contributed by atoms with Crippen molar-refractivity contribution in [2.75, 3.05) is 0 Å². The summed E-state index contributed by atoms with van der Waals surface area (Å²) in [7, 11) is -13.4. The van der Waals surface area contributed by atoms with Gasteiger partial charge in [-0.25, -0.2) is 16.8 Å². The predicted octanol–water partition coefficient (Wildman–Crippen LogP) is 3.77. The highest BCUT2D eigenvalue weighted by Crippen LogP contribution is 2.36. The van der Waals surface area contributed by atoms with Crippen molar-refractivity contribution in [1.29, 1.82) is 0 Å². The Labute approximate surface area is 157 Å². The molecule has 1 rings (SSSR count). The molecule has 0 radical (unpaired) electrons. The summed E-state index contributed by atoms with van der Waals surface area (Å²) in [5.41, 5.74) is -8.63. The van der Waals surface area contributed by atoms with Crippen molar-refractivity contribution in [1.82, 2.24) is 0 Å². The van der Waals surface area contributed by atoms with Gasteiger partial charge < -0.3 is 4.13 Å². The van der Waals surface area contributed by atoms with Crippen molar-refractivity contribution < 1.29 is 47.7 Å². The maximum absolute atomic E-state index is 11.4. The van der Waals surface area contributed by atoms with Crippen molar-refractivity contribution in [2.45, 2.75) is 57.6 Å². The lowest BCUT2D eigenvalue weighted by atomic mass is 10.3. The van der Waals surface area contributed by atoms with Gasteiger partial charge in [-0.15, -0.1) is 0 Å². The van der Waals surface area contributed by atoms with Crippen molar-refractivity contribution >= 4 is 31.4 Å². The number of sulfonamides is 2. The van der Waals surface area contributed by atoms with Crippen LogP contribution >= 0.6 is 11.3 Å². The van der Waals surface area contributed by atoms with E-state index in [9.17, 15) is 43.2 Å². The first kappa shape index (κ1) is 26.1. The molecule has 0 unspecified atom stereocenters. The average molecular weight is 464 g/mol. The van der Waals surface area contributed by atoms with E-state index in [4.69, 9.17) is 0 Å². The largest absolute Gasteiger partial charge is 0.480 e. The van der Waals surface area contributed by atoms with Crippen LogP contribution < -0.4 is 4.57 Å². The molecule has 1 aromatic heterocycles. The highest BCUT2D eigenvalue weighted by Gasteiger charge is 2.46. The first-order chi connectivity index (χ1) is 12.0. The number of alkyl halides is 6. The minimum absolute atomic E-state index is 0.778. The second-order valence-corrected chi connectivity index (χ2v) is 9.52. The molecule has 0 aliphatic heterocycles. The molecule has 0 atom stereocenters. The fraction of sp³-hybridized carbons (Fsp3) is 0.750. The highest BCUT2D eigenvalue weighted by atomic mass is 32.3. The molecule has 0 amide bonds. The molecule has 0 saturated carbocycles. The first-order valence-corrected chi connectivity index (χ1v) is 11.1. The number of halogens is 6. The fourth-order valence-electron chi connectivity index (χ4n) is 1.66. The molecule has 0 aliphatic carbocycles. The summed E-state index contributed by atoms with van der Waals surface area (Å²) in [6.45, 7) is 7.89. The predicted molar refractivity (Wildman–Crippen MR) is 86.8 cm³/mol. The van der Waals surface area contributed by atoms with Gasteiger partial charge in [0.25, 0.3) is 0 Å². The molecule has 1 heterocycles. The van der Waals surface area contributed by atoms with Gasteiger partial charge in [0, 0.05) is 12.8 Å². The quantitative estimate of drug-likeness (QED) is 0.474. The van der Waals surface area contributed by atoms with E-state index in [2.05, 4.69) is 30.8 Å². The van der Waals surface area contributed by atoms with Gasteiger partial charge in [-0.3, -0.25) is 0 Å². The number of unbranched alkanes of at least 4 members (excludes halogenated alkanes) is 1. The molecule has 15 heteroatoms. The van der Waals surface area contributed by atoms with E-state index in [1.165, 1.54) is 36.4 Å². The van der Waals surface area contributed by atoms with Crippen LogP contribution in [0, 0.1) is 6.92 Å². The monoisotopic (exact) mass is 464 g/mol. The summed E-state index contributed by atoms with van der Waals surface area (Å²) in [6, 6.07) is 0. The van der Waals surface area contributed by atoms with Crippen LogP contribution in [0.1, 0.15) is 37.3 Å². The van der Waals surface area contributed by atoms with E-state index in [1.54, 1.807) is 0 Å². The number of hydrogen-bond donors (Lipinski definition) is 0. The third kappa shape index (κ3) is 7.54. The van der Waals surface area contributed by atoms with Gasteiger partial charge in [0.1, 0.15) is 6.54 Å². The van der Waals surface area contributed by atoms with Gasteiger partial charge in [0.2, 0.25) is 5.51 Å². The maximum atomic E-state index is 11.4. The molecule has 160 valence electrons. The lowest BCUT2D eigenvalue weighted by molar-refractivity contribution is -0.699. The number of hydrogen-bond acceptors (Lipinski definition) is 5. The van der Waals surface area contributed by atoms with E-state index in [1.807, 2.05) is 11.3 Å². The standard InChI is InChI=1S/C10H18NS.C2F6NO4S2/c1-4-6-7-11-8-12-9(3)10(11)5-2;3-1(4,5)14(10,11)9-15(12,13)2(6,7)8/h8H,4-7H2,1-3H3;/q+1;-1. The molecule has 27 heavy (non-hydrogen) atoms. The Kier molecular flexibility index (Phi) is 9.19. The van der Waals surface area contributed by atoms with Gasteiger partial charge in [-0.1, -0.05) is 31.6 Å². The molecule has 6 nitrogen and oxygen atoms in total. The zero-order chi connectivity index (χ0) is 21.7. The van der Waals surface area contributed by atoms with Crippen LogP contribution in [-0.2, 0) is 33.0 Å². The Balaban J connectivity index is 0.000000511. The molecule has 0 fully saturated rings. The molecule has 0 aromatic carbocycles. The average Bonchev–Trinajstić information content (AvgIpc) is 2.82. The Hall–Kier alpha value is -0.930. The summed E-state index contributed by atoms with van der Waals surface area (Å²) in [4.78, 5) is 1.48. The van der Waals surface area contributed by atoms with Crippen LogP contribution in [0.2, 0.25) is 0 Å². The molecule has 0 aliphatic rings. The molecular formula is C12H18F6N2O4S3. The Morgan fingerprint density at radius 1 is 1.00 bits per heavy atom. The van der Waals surface area contributed by atoms with E-state index < -0.39 is 31.1 Å². The SMILES string of the molecule is CCCC[n+]1csc(C)c1CC.O=S(=O)([N-]S(=O)(=O)C(F)(F)F)C(F)(F)F. The summed E-state index contributed by atoms with van der Waals surface area (Å²) >= 11 is 1.87. The number of aromatic nitrogens is 1. The van der Waals surface area contributed by atoms with Crippen LogP contribution in [-0.4, -0.2) is 27.9 Å². The van der Waals surface area contributed by atoms with Crippen LogP contribution in [0.15, 0.2) is 5.51 Å². The summed E-state index contributed by atoms with van der Waals surface area (Å²) < 4.78 is 112. The molecule has 1 aromatic rings. The smallest absolute Gasteiger partial charge is 0.421 e. The molecule has 0 saturated heterocycles. The Morgan fingerprint density at radius 3 is 1.78 bits per heavy atom. The van der Waals surface area contributed by atoms with Crippen LogP contribution in [0.5, 0.6) is 0 Å². The van der Waals surface area contributed by atoms with E-state index in [-0.39, 0.29) is 0 Å². The minimum atomic E-state index is -6.72. The van der Waals surface area contributed by atoms with Gasteiger partial charge in [-0.2, -0.15) is 30.9 Å².